The van der Waals surface area contributed by atoms with Gasteiger partial charge in [0.25, 0.3) is 5.56 Å². The van der Waals surface area contributed by atoms with E-state index in [1.54, 1.807) is 19.1 Å². The maximum atomic E-state index is 13.4. The second-order valence-electron chi connectivity index (χ2n) is 8.27. The molecule has 0 saturated heterocycles. The number of rotatable bonds is 6. The highest BCUT2D eigenvalue weighted by Gasteiger charge is 2.19. The molecule has 1 atom stereocenters. The molecule has 2 heterocycles. The predicted octanol–water partition coefficient (Wildman–Crippen LogP) is 5.38. The molecule has 0 spiro atoms. The van der Waals surface area contributed by atoms with Crippen LogP contribution in [0.15, 0.2) is 82.0 Å². The summed E-state index contributed by atoms with van der Waals surface area (Å²) in [6, 6.07) is 22.7. The van der Waals surface area contributed by atoms with Crippen molar-refractivity contribution < 1.29 is 14.3 Å². The van der Waals surface area contributed by atoms with Gasteiger partial charge in [0, 0.05) is 22.4 Å². The summed E-state index contributed by atoms with van der Waals surface area (Å²) < 4.78 is 7.11. The van der Waals surface area contributed by atoms with E-state index in [0.717, 1.165) is 27.5 Å². The number of aryl methyl sites for hydroxylation is 1. The molecule has 1 unspecified atom stereocenters. The number of carboxylic acids is 1. The van der Waals surface area contributed by atoms with Crippen LogP contribution in [-0.4, -0.2) is 20.6 Å². The van der Waals surface area contributed by atoms with Crippen LogP contribution in [0.2, 0.25) is 0 Å². The quantitative estimate of drug-likeness (QED) is 0.358. The molecule has 34 heavy (non-hydrogen) atoms. The normalized spacial score (nSPS) is 12.2. The molecule has 0 fully saturated rings. The van der Waals surface area contributed by atoms with Crippen molar-refractivity contribution in [2.45, 2.75) is 26.4 Å². The minimum Gasteiger partial charge on any atom is -0.480 e. The van der Waals surface area contributed by atoms with Crippen LogP contribution in [0, 0.1) is 6.92 Å². The van der Waals surface area contributed by atoms with Crippen molar-refractivity contribution in [3.63, 3.8) is 0 Å². The molecule has 0 saturated carbocycles. The maximum absolute atomic E-state index is 13.4. The third-order valence-electron chi connectivity index (χ3n) is 5.94. The van der Waals surface area contributed by atoms with Crippen LogP contribution in [0.25, 0.3) is 33.3 Å². The molecule has 0 bridgehead atoms. The molecule has 3 aromatic carbocycles. The molecule has 0 radical (unpaired) electrons. The number of nitrogens with one attached hydrogen (secondary N) is 1. The van der Waals surface area contributed by atoms with Crippen LogP contribution in [0.5, 0.6) is 0 Å². The van der Waals surface area contributed by atoms with E-state index < -0.39 is 18.1 Å². The number of furan rings is 1. The molecule has 0 aliphatic rings. The number of aromatic nitrogens is 2. The minimum absolute atomic E-state index is 0.230. The molecule has 2 N–H and O–H groups in total. The van der Waals surface area contributed by atoms with Crippen molar-refractivity contribution in [1.82, 2.24) is 9.55 Å². The van der Waals surface area contributed by atoms with Crippen LogP contribution in [0.4, 0.5) is 5.69 Å². The summed E-state index contributed by atoms with van der Waals surface area (Å²) in [6.45, 7) is 3.22. The number of nitrogens with zero attached hydrogens (tertiary/aromatic N) is 2. The highest BCUT2D eigenvalue weighted by Crippen LogP contribution is 2.31. The number of para-hydroxylation sites is 1. The van der Waals surface area contributed by atoms with Gasteiger partial charge in [-0.05, 0) is 37.6 Å². The number of benzene rings is 3. The number of carboxylic acid groups (broad SMARTS) is 1. The number of fused-ring (bicyclic) bond motifs is 3. The molecule has 5 rings (SSSR count). The zero-order valence-corrected chi connectivity index (χ0v) is 18.8. The van der Waals surface area contributed by atoms with Gasteiger partial charge < -0.3 is 14.8 Å². The molecule has 170 valence electrons. The predicted molar refractivity (Wildman–Crippen MR) is 132 cm³/mol. The van der Waals surface area contributed by atoms with Crippen LogP contribution >= 0.6 is 0 Å². The van der Waals surface area contributed by atoms with E-state index in [4.69, 9.17) is 4.42 Å². The van der Waals surface area contributed by atoms with Crippen molar-refractivity contribution >= 4 is 33.6 Å². The Kier molecular flexibility index (Phi) is 5.37. The number of hydrogen-bond donors (Lipinski definition) is 2. The minimum atomic E-state index is -1.11. The molecule has 0 amide bonds. The van der Waals surface area contributed by atoms with Crippen molar-refractivity contribution in [2.24, 2.45) is 0 Å². The van der Waals surface area contributed by atoms with Gasteiger partial charge in [-0.15, -0.1) is 0 Å². The Morgan fingerprint density at radius 2 is 1.74 bits per heavy atom. The summed E-state index contributed by atoms with van der Waals surface area (Å²) >= 11 is 0. The monoisotopic (exact) mass is 453 g/mol. The van der Waals surface area contributed by atoms with E-state index >= 15 is 0 Å². The molecular formula is C27H23N3O4. The standard InChI is InChI=1S/C27H23N3O4/c1-16(19-12-13-23-21(14-19)20-10-6-7-11-22(20)34-23)28-25-17(2)29-26(18-8-4-3-5-9-18)30(27(25)33)15-24(31)32/h3-14,16,28H,15H2,1-2H3,(H,31,32). The van der Waals surface area contributed by atoms with Gasteiger partial charge in [-0.1, -0.05) is 54.6 Å². The average Bonchev–Trinajstić information content (AvgIpc) is 3.21. The lowest BCUT2D eigenvalue weighted by Crippen LogP contribution is -2.30. The maximum Gasteiger partial charge on any atom is 0.323 e. The average molecular weight is 453 g/mol. The zero-order chi connectivity index (χ0) is 23.8. The summed E-state index contributed by atoms with van der Waals surface area (Å²) in [5.41, 5.74) is 3.64. The first-order valence-corrected chi connectivity index (χ1v) is 11.0. The van der Waals surface area contributed by atoms with Crippen molar-refractivity contribution in [1.29, 1.82) is 0 Å². The Morgan fingerprint density at radius 3 is 2.50 bits per heavy atom. The van der Waals surface area contributed by atoms with Crippen LogP contribution < -0.4 is 10.9 Å². The first-order valence-electron chi connectivity index (χ1n) is 11.0. The van der Waals surface area contributed by atoms with E-state index in [-0.39, 0.29) is 11.7 Å². The van der Waals surface area contributed by atoms with E-state index in [1.807, 2.05) is 61.5 Å². The molecular weight excluding hydrogens is 430 g/mol. The van der Waals surface area contributed by atoms with E-state index in [1.165, 1.54) is 4.57 Å². The van der Waals surface area contributed by atoms with E-state index in [2.05, 4.69) is 16.4 Å². The molecule has 0 aliphatic carbocycles. The van der Waals surface area contributed by atoms with Gasteiger partial charge in [-0.2, -0.15) is 0 Å². The molecule has 7 nitrogen and oxygen atoms in total. The van der Waals surface area contributed by atoms with Crippen molar-refractivity contribution in [3.8, 4) is 11.4 Å². The largest absolute Gasteiger partial charge is 0.480 e. The topological polar surface area (TPSA) is 97.4 Å². The fraction of sp³-hybridized carbons (Fsp3) is 0.148. The van der Waals surface area contributed by atoms with Crippen LogP contribution in [-0.2, 0) is 11.3 Å². The van der Waals surface area contributed by atoms with Gasteiger partial charge >= 0.3 is 5.97 Å². The second-order valence-corrected chi connectivity index (χ2v) is 8.27. The Labute approximate surface area is 195 Å². The molecule has 2 aromatic heterocycles. The lowest BCUT2D eigenvalue weighted by molar-refractivity contribution is -0.137. The first-order chi connectivity index (χ1) is 16.4. The molecule has 0 aliphatic heterocycles. The van der Waals surface area contributed by atoms with Gasteiger partial charge in [0.2, 0.25) is 0 Å². The number of carbonyl (C=O) groups is 1. The zero-order valence-electron chi connectivity index (χ0n) is 18.8. The van der Waals surface area contributed by atoms with E-state index in [0.29, 0.717) is 17.1 Å². The Bertz CT molecular complexity index is 1580. The third kappa shape index (κ3) is 3.81. The van der Waals surface area contributed by atoms with Gasteiger partial charge in [0.1, 0.15) is 29.2 Å². The Hall–Kier alpha value is -4.39. The van der Waals surface area contributed by atoms with Gasteiger partial charge in [-0.25, -0.2) is 4.98 Å². The van der Waals surface area contributed by atoms with E-state index in [9.17, 15) is 14.7 Å². The third-order valence-corrected chi connectivity index (χ3v) is 5.94. The summed E-state index contributed by atoms with van der Waals surface area (Å²) in [4.78, 5) is 29.6. The smallest absolute Gasteiger partial charge is 0.323 e. The first kappa shape index (κ1) is 21.5. The molecule has 5 aromatic rings. The molecule has 7 heteroatoms. The SMILES string of the molecule is Cc1nc(-c2ccccc2)n(CC(=O)O)c(=O)c1NC(C)c1ccc2oc3ccccc3c2c1. The van der Waals surface area contributed by atoms with Crippen LogP contribution in [0.3, 0.4) is 0 Å². The van der Waals surface area contributed by atoms with Crippen molar-refractivity contribution in [3.05, 3.63) is 94.4 Å². The number of anilines is 1. The number of aliphatic carboxylic acids is 1. The Morgan fingerprint density at radius 1 is 1.03 bits per heavy atom. The lowest BCUT2D eigenvalue weighted by atomic mass is 10.0. The Balaban J connectivity index is 1.55. The van der Waals surface area contributed by atoms with Crippen molar-refractivity contribution in [2.75, 3.05) is 5.32 Å². The fourth-order valence-electron chi connectivity index (χ4n) is 4.23. The lowest BCUT2D eigenvalue weighted by Gasteiger charge is -2.19. The second kappa shape index (κ2) is 8.51. The van der Waals surface area contributed by atoms with Gasteiger partial charge in [0.15, 0.2) is 0 Å². The van der Waals surface area contributed by atoms with Gasteiger partial charge in [0.05, 0.1) is 5.69 Å². The summed E-state index contributed by atoms with van der Waals surface area (Å²) in [5.74, 6) is -0.781. The summed E-state index contributed by atoms with van der Waals surface area (Å²) in [6.07, 6.45) is 0. The highest BCUT2D eigenvalue weighted by atomic mass is 16.4. The van der Waals surface area contributed by atoms with Gasteiger partial charge in [-0.3, -0.25) is 14.2 Å². The summed E-state index contributed by atoms with van der Waals surface area (Å²) in [7, 11) is 0. The fourth-order valence-corrected chi connectivity index (χ4v) is 4.23. The highest BCUT2D eigenvalue weighted by molar-refractivity contribution is 6.05. The van der Waals surface area contributed by atoms with Crippen LogP contribution in [0.1, 0.15) is 24.2 Å². The summed E-state index contributed by atoms with van der Waals surface area (Å²) in [5, 5.41) is 14.7. The number of hydrogen-bond acceptors (Lipinski definition) is 5.